The standard InChI is InChI=1S/C9H11ClN2S/c1-6-4-3-5-7(8(6)10)12-9(13)11-2/h3-5H,1-2H3,(H2,11,12,13). The largest absolute Gasteiger partial charge is 0.366 e. The lowest BCUT2D eigenvalue weighted by Crippen LogP contribution is -2.24. The average molecular weight is 215 g/mol. The first-order valence-electron chi connectivity index (χ1n) is 3.89. The van der Waals surface area contributed by atoms with Crippen molar-refractivity contribution in [2.24, 2.45) is 0 Å². The molecule has 0 aliphatic rings. The fraction of sp³-hybridized carbons (Fsp3) is 0.222. The Bertz CT molecular complexity index is 325. The molecule has 0 atom stereocenters. The zero-order chi connectivity index (χ0) is 9.84. The van der Waals surface area contributed by atoms with Crippen LogP contribution < -0.4 is 10.6 Å². The second kappa shape index (κ2) is 4.44. The maximum absolute atomic E-state index is 6.04. The topological polar surface area (TPSA) is 24.1 Å². The van der Waals surface area contributed by atoms with E-state index in [1.807, 2.05) is 25.1 Å². The van der Waals surface area contributed by atoms with Gasteiger partial charge in [-0.1, -0.05) is 23.7 Å². The molecule has 0 radical (unpaired) electrons. The quantitative estimate of drug-likeness (QED) is 0.703. The van der Waals surface area contributed by atoms with Crippen molar-refractivity contribution >= 4 is 34.6 Å². The van der Waals surface area contributed by atoms with E-state index >= 15 is 0 Å². The Balaban J connectivity index is 2.89. The number of aryl methyl sites for hydroxylation is 1. The van der Waals surface area contributed by atoms with Crippen LogP contribution in [0.15, 0.2) is 18.2 Å². The lowest BCUT2D eigenvalue weighted by Gasteiger charge is -2.09. The minimum Gasteiger partial charge on any atom is -0.366 e. The van der Waals surface area contributed by atoms with Gasteiger partial charge in [-0.2, -0.15) is 0 Å². The van der Waals surface area contributed by atoms with Gasteiger partial charge in [0.2, 0.25) is 0 Å². The van der Waals surface area contributed by atoms with Crippen LogP contribution in [0.2, 0.25) is 5.02 Å². The van der Waals surface area contributed by atoms with Gasteiger partial charge in [0.15, 0.2) is 5.11 Å². The highest BCUT2D eigenvalue weighted by molar-refractivity contribution is 7.80. The molecular weight excluding hydrogens is 204 g/mol. The molecule has 0 aromatic heterocycles. The van der Waals surface area contributed by atoms with Crippen LogP contribution in [0.4, 0.5) is 5.69 Å². The highest BCUT2D eigenvalue weighted by Crippen LogP contribution is 2.24. The molecule has 1 rings (SSSR count). The maximum Gasteiger partial charge on any atom is 0.170 e. The molecule has 1 aromatic carbocycles. The molecule has 0 aliphatic heterocycles. The van der Waals surface area contributed by atoms with Gasteiger partial charge in [-0.15, -0.1) is 0 Å². The van der Waals surface area contributed by atoms with Crippen molar-refractivity contribution in [2.45, 2.75) is 6.92 Å². The summed E-state index contributed by atoms with van der Waals surface area (Å²) in [5.74, 6) is 0. The fourth-order valence-corrected chi connectivity index (χ4v) is 1.21. The summed E-state index contributed by atoms with van der Waals surface area (Å²) in [6, 6.07) is 5.77. The molecule has 0 aliphatic carbocycles. The number of hydrogen-bond donors (Lipinski definition) is 2. The lowest BCUT2D eigenvalue weighted by molar-refractivity contribution is 1.20. The van der Waals surface area contributed by atoms with Crippen LogP contribution in [0.3, 0.4) is 0 Å². The molecule has 0 saturated heterocycles. The Morgan fingerprint density at radius 3 is 2.77 bits per heavy atom. The number of halogens is 1. The second-order valence-corrected chi connectivity index (χ2v) is 3.43. The Morgan fingerprint density at radius 2 is 2.15 bits per heavy atom. The molecule has 0 spiro atoms. The Kier molecular flexibility index (Phi) is 3.51. The molecule has 0 amide bonds. The van der Waals surface area contributed by atoms with E-state index in [4.69, 9.17) is 23.8 Å². The predicted octanol–water partition coefficient (Wildman–Crippen LogP) is 2.56. The minimum atomic E-state index is 0.563. The van der Waals surface area contributed by atoms with E-state index in [1.165, 1.54) is 0 Å². The van der Waals surface area contributed by atoms with Gasteiger partial charge < -0.3 is 10.6 Å². The summed E-state index contributed by atoms with van der Waals surface area (Å²) in [6.45, 7) is 1.95. The molecule has 70 valence electrons. The van der Waals surface area contributed by atoms with Gasteiger partial charge in [0, 0.05) is 7.05 Å². The molecule has 2 N–H and O–H groups in total. The summed E-state index contributed by atoms with van der Waals surface area (Å²) in [4.78, 5) is 0. The molecule has 0 bridgehead atoms. The van der Waals surface area contributed by atoms with Gasteiger partial charge in [0.25, 0.3) is 0 Å². The van der Waals surface area contributed by atoms with Crippen molar-refractivity contribution in [1.82, 2.24) is 5.32 Å². The SMILES string of the molecule is CNC(=S)Nc1cccc(C)c1Cl. The van der Waals surface area contributed by atoms with Crippen LogP contribution in [-0.2, 0) is 0 Å². The molecule has 2 nitrogen and oxygen atoms in total. The van der Waals surface area contributed by atoms with Crippen molar-refractivity contribution in [2.75, 3.05) is 12.4 Å². The zero-order valence-electron chi connectivity index (χ0n) is 7.52. The predicted molar refractivity (Wildman–Crippen MR) is 61.5 cm³/mol. The summed E-state index contributed by atoms with van der Waals surface area (Å²) in [7, 11) is 1.76. The van der Waals surface area contributed by atoms with E-state index in [9.17, 15) is 0 Å². The van der Waals surface area contributed by atoms with E-state index in [2.05, 4.69) is 10.6 Å². The first kappa shape index (κ1) is 10.3. The summed E-state index contributed by atoms with van der Waals surface area (Å²) >= 11 is 11.0. The van der Waals surface area contributed by atoms with Gasteiger partial charge in [-0.3, -0.25) is 0 Å². The van der Waals surface area contributed by atoms with Gasteiger partial charge in [-0.05, 0) is 30.8 Å². The first-order valence-corrected chi connectivity index (χ1v) is 4.67. The number of nitrogens with one attached hydrogen (secondary N) is 2. The monoisotopic (exact) mass is 214 g/mol. The second-order valence-electron chi connectivity index (χ2n) is 2.64. The van der Waals surface area contributed by atoms with Crippen molar-refractivity contribution in [3.63, 3.8) is 0 Å². The normalized spacial score (nSPS) is 9.46. The summed E-state index contributed by atoms with van der Waals surface area (Å²) in [5, 5.41) is 7.08. The lowest BCUT2D eigenvalue weighted by atomic mass is 10.2. The smallest absolute Gasteiger partial charge is 0.170 e. The number of rotatable bonds is 1. The molecule has 0 heterocycles. The molecule has 13 heavy (non-hydrogen) atoms. The maximum atomic E-state index is 6.04. The van der Waals surface area contributed by atoms with Crippen LogP contribution in [-0.4, -0.2) is 12.2 Å². The molecule has 0 saturated carbocycles. The molecule has 0 unspecified atom stereocenters. The van der Waals surface area contributed by atoms with E-state index in [0.29, 0.717) is 10.1 Å². The zero-order valence-corrected chi connectivity index (χ0v) is 9.09. The van der Waals surface area contributed by atoms with Crippen LogP contribution >= 0.6 is 23.8 Å². The minimum absolute atomic E-state index is 0.563. The average Bonchev–Trinajstić information content (AvgIpc) is 2.13. The Hall–Kier alpha value is -0.800. The summed E-state index contributed by atoms with van der Waals surface area (Å²) in [5.41, 5.74) is 1.87. The third-order valence-corrected chi connectivity index (χ3v) is 2.47. The molecule has 1 aromatic rings. The van der Waals surface area contributed by atoms with Gasteiger partial charge >= 0.3 is 0 Å². The molecule has 4 heteroatoms. The van der Waals surface area contributed by atoms with E-state index in [0.717, 1.165) is 11.3 Å². The summed E-state index contributed by atoms with van der Waals surface area (Å²) in [6.07, 6.45) is 0. The number of anilines is 1. The van der Waals surface area contributed by atoms with Gasteiger partial charge in [0.1, 0.15) is 0 Å². The van der Waals surface area contributed by atoms with Crippen molar-refractivity contribution in [1.29, 1.82) is 0 Å². The van der Waals surface area contributed by atoms with E-state index < -0.39 is 0 Å². The number of benzene rings is 1. The van der Waals surface area contributed by atoms with Gasteiger partial charge in [-0.25, -0.2) is 0 Å². The Labute approximate surface area is 88.3 Å². The number of hydrogen-bond acceptors (Lipinski definition) is 1. The van der Waals surface area contributed by atoms with E-state index in [1.54, 1.807) is 7.05 Å². The Morgan fingerprint density at radius 1 is 1.46 bits per heavy atom. The van der Waals surface area contributed by atoms with Crippen molar-refractivity contribution in [3.8, 4) is 0 Å². The fourth-order valence-electron chi connectivity index (χ4n) is 0.929. The summed E-state index contributed by atoms with van der Waals surface area (Å²) < 4.78 is 0. The third-order valence-electron chi connectivity index (χ3n) is 1.67. The van der Waals surface area contributed by atoms with Crippen molar-refractivity contribution < 1.29 is 0 Å². The van der Waals surface area contributed by atoms with Crippen LogP contribution in [0.25, 0.3) is 0 Å². The third kappa shape index (κ3) is 2.57. The first-order chi connectivity index (χ1) is 6.15. The number of thiocarbonyl (C=S) groups is 1. The molecule has 0 fully saturated rings. The van der Waals surface area contributed by atoms with Crippen molar-refractivity contribution in [3.05, 3.63) is 28.8 Å². The van der Waals surface area contributed by atoms with E-state index in [-0.39, 0.29) is 0 Å². The van der Waals surface area contributed by atoms with Crippen LogP contribution in [0.1, 0.15) is 5.56 Å². The van der Waals surface area contributed by atoms with Crippen LogP contribution in [0, 0.1) is 6.92 Å². The van der Waals surface area contributed by atoms with Gasteiger partial charge in [0.05, 0.1) is 10.7 Å². The highest BCUT2D eigenvalue weighted by Gasteiger charge is 2.02. The van der Waals surface area contributed by atoms with Crippen LogP contribution in [0.5, 0.6) is 0 Å². The highest BCUT2D eigenvalue weighted by atomic mass is 35.5. The molecular formula is C9H11ClN2S.